The van der Waals surface area contributed by atoms with Crippen LogP contribution >= 0.6 is 11.3 Å². The molecule has 0 spiro atoms. The maximum atomic E-state index is 12.5. The van der Waals surface area contributed by atoms with Crippen LogP contribution in [0.15, 0.2) is 23.7 Å². The lowest BCUT2D eigenvalue weighted by Gasteiger charge is -2.02. The van der Waals surface area contributed by atoms with E-state index >= 15 is 0 Å². The molecule has 0 amide bonds. The van der Waals surface area contributed by atoms with Gasteiger partial charge >= 0.3 is 0 Å². The third kappa shape index (κ3) is 2.76. The molecule has 0 aliphatic carbocycles. The summed E-state index contributed by atoms with van der Waals surface area (Å²) < 4.78 is 17.9. The van der Waals surface area contributed by atoms with Crippen LogP contribution in [0.1, 0.15) is 17.6 Å². The molecule has 0 bridgehead atoms. The summed E-state index contributed by atoms with van der Waals surface area (Å²) in [6, 6.07) is 2.82. The lowest BCUT2D eigenvalue weighted by molar-refractivity contribution is 0.299. The number of aromatic nitrogens is 2. The van der Waals surface area contributed by atoms with Gasteiger partial charge < -0.3 is 4.74 Å². The fourth-order valence-corrected chi connectivity index (χ4v) is 1.91. The average Bonchev–Trinajstić information content (AvgIpc) is 2.76. The van der Waals surface area contributed by atoms with Crippen LogP contribution in [0.5, 0.6) is 5.75 Å². The first-order valence-corrected chi connectivity index (χ1v) is 5.83. The Balaban J connectivity index is 1.94. The van der Waals surface area contributed by atoms with E-state index in [9.17, 15) is 4.39 Å². The lowest BCUT2D eigenvalue weighted by atomic mass is 10.4. The summed E-state index contributed by atoms with van der Waals surface area (Å²) in [6.07, 6.45) is 2.30. The van der Waals surface area contributed by atoms with Crippen molar-refractivity contribution in [1.29, 1.82) is 0 Å². The fourth-order valence-electron chi connectivity index (χ4n) is 1.18. The molecule has 0 unspecified atom stereocenters. The molecule has 2 aromatic rings. The highest BCUT2D eigenvalue weighted by atomic mass is 32.1. The predicted molar refractivity (Wildman–Crippen MR) is 60.0 cm³/mol. The smallest absolute Gasteiger partial charge is 0.213 e. The Morgan fingerprint density at radius 3 is 2.94 bits per heavy atom. The summed E-state index contributed by atoms with van der Waals surface area (Å²) in [5, 5.41) is 3.06. The van der Waals surface area contributed by atoms with E-state index in [0.717, 1.165) is 17.1 Å². The quantitative estimate of drug-likeness (QED) is 0.768. The normalized spacial score (nSPS) is 10.4. The van der Waals surface area contributed by atoms with Gasteiger partial charge in [0, 0.05) is 5.38 Å². The van der Waals surface area contributed by atoms with E-state index in [4.69, 9.17) is 4.74 Å². The number of hydrogen-bond acceptors (Lipinski definition) is 4. The maximum Gasteiger partial charge on any atom is 0.213 e. The molecule has 0 N–H and O–H groups in total. The van der Waals surface area contributed by atoms with Gasteiger partial charge in [-0.1, -0.05) is 6.92 Å². The molecule has 0 aliphatic heterocycles. The molecule has 0 fully saturated rings. The molecule has 0 saturated carbocycles. The summed E-state index contributed by atoms with van der Waals surface area (Å²) in [7, 11) is 0. The van der Waals surface area contributed by atoms with Gasteiger partial charge in [0.2, 0.25) is 5.95 Å². The molecule has 0 aromatic carbocycles. The second-order valence-corrected chi connectivity index (χ2v) is 4.13. The van der Waals surface area contributed by atoms with Crippen LogP contribution in [0.25, 0.3) is 0 Å². The SMILES string of the molecule is CCc1nc(COc2ccc(F)nc2)cs1. The minimum atomic E-state index is -0.505. The molecular weight excluding hydrogens is 227 g/mol. The average molecular weight is 238 g/mol. The van der Waals surface area contributed by atoms with Crippen molar-refractivity contribution in [3.8, 4) is 5.75 Å². The van der Waals surface area contributed by atoms with E-state index in [1.165, 1.54) is 12.3 Å². The topological polar surface area (TPSA) is 35.0 Å². The van der Waals surface area contributed by atoms with Crippen LogP contribution in [0, 0.1) is 5.95 Å². The van der Waals surface area contributed by atoms with Crippen LogP contribution in [0.3, 0.4) is 0 Å². The van der Waals surface area contributed by atoms with E-state index < -0.39 is 5.95 Å². The van der Waals surface area contributed by atoms with Crippen molar-refractivity contribution in [3.63, 3.8) is 0 Å². The van der Waals surface area contributed by atoms with Gasteiger partial charge in [-0.05, 0) is 18.6 Å². The number of thiazole rings is 1. The van der Waals surface area contributed by atoms with Crippen LogP contribution in [-0.2, 0) is 13.0 Å². The minimum absolute atomic E-state index is 0.393. The Morgan fingerprint density at radius 2 is 2.31 bits per heavy atom. The zero-order chi connectivity index (χ0) is 11.4. The number of hydrogen-bond donors (Lipinski definition) is 0. The number of nitrogens with zero attached hydrogens (tertiary/aromatic N) is 2. The number of rotatable bonds is 4. The molecule has 0 atom stereocenters. The highest BCUT2D eigenvalue weighted by Crippen LogP contribution is 2.14. The Morgan fingerprint density at radius 1 is 1.44 bits per heavy atom. The highest BCUT2D eigenvalue weighted by Gasteiger charge is 2.01. The molecule has 0 saturated heterocycles. The van der Waals surface area contributed by atoms with Gasteiger partial charge in [0.05, 0.1) is 16.9 Å². The number of ether oxygens (including phenoxy) is 1. The molecule has 2 rings (SSSR count). The maximum absolute atomic E-state index is 12.5. The molecule has 16 heavy (non-hydrogen) atoms. The van der Waals surface area contributed by atoms with E-state index in [0.29, 0.717) is 12.4 Å². The number of halogens is 1. The van der Waals surface area contributed by atoms with Crippen molar-refractivity contribution in [2.75, 3.05) is 0 Å². The third-order valence-electron chi connectivity index (χ3n) is 1.99. The predicted octanol–water partition coefficient (Wildman–Crippen LogP) is 2.82. The summed E-state index contributed by atoms with van der Waals surface area (Å²) in [5.41, 5.74) is 0.895. The Bertz CT molecular complexity index is 455. The minimum Gasteiger partial charge on any atom is -0.486 e. The monoisotopic (exact) mass is 238 g/mol. The van der Waals surface area contributed by atoms with Gasteiger partial charge in [0.25, 0.3) is 0 Å². The first-order valence-electron chi connectivity index (χ1n) is 4.95. The Hall–Kier alpha value is -1.49. The molecule has 5 heteroatoms. The molecule has 2 heterocycles. The van der Waals surface area contributed by atoms with Gasteiger partial charge in [-0.2, -0.15) is 4.39 Å². The zero-order valence-electron chi connectivity index (χ0n) is 8.81. The second kappa shape index (κ2) is 5.03. The first-order chi connectivity index (χ1) is 7.78. The molecule has 84 valence electrons. The highest BCUT2D eigenvalue weighted by molar-refractivity contribution is 7.09. The van der Waals surface area contributed by atoms with Crippen molar-refractivity contribution in [1.82, 2.24) is 9.97 Å². The Kier molecular flexibility index (Phi) is 3.46. The van der Waals surface area contributed by atoms with Crippen LogP contribution in [0.4, 0.5) is 4.39 Å². The molecule has 0 radical (unpaired) electrons. The molecule has 3 nitrogen and oxygen atoms in total. The lowest BCUT2D eigenvalue weighted by Crippen LogP contribution is -1.96. The van der Waals surface area contributed by atoms with Crippen molar-refractivity contribution in [2.24, 2.45) is 0 Å². The molecule has 2 aromatic heterocycles. The van der Waals surface area contributed by atoms with Gasteiger partial charge in [0.15, 0.2) is 0 Å². The molecular formula is C11H11FN2OS. The summed E-state index contributed by atoms with van der Waals surface area (Å²) in [6.45, 7) is 2.46. The van der Waals surface area contributed by atoms with E-state index in [-0.39, 0.29) is 0 Å². The van der Waals surface area contributed by atoms with Crippen LogP contribution < -0.4 is 4.74 Å². The fraction of sp³-hybridized carbons (Fsp3) is 0.273. The number of aryl methyl sites for hydroxylation is 1. The van der Waals surface area contributed by atoms with Crippen LogP contribution in [0.2, 0.25) is 0 Å². The van der Waals surface area contributed by atoms with Crippen molar-refractivity contribution in [3.05, 3.63) is 40.4 Å². The second-order valence-electron chi connectivity index (χ2n) is 3.19. The van der Waals surface area contributed by atoms with Crippen molar-refractivity contribution in [2.45, 2.75) is 20.0 Å². The van der Waals surface area contributed by atoms with Crippen LogP contribution in [-0.4, -0.2) is 9.97 Å². The van der Waals surface area contributed by atoms with E-state index in [1.807, 2.05) is 5.38 Å². The van der Waals surface area contributed by atoms with Crippen molar-refractivity contribution < 1.29 is 9.13 Å². The Labute approximate surface area is 96.9 Å². The van der Waals surface area contributed by atoms with Gasteiger partial charge in [-0.3, -0.25) is 0 Å². The summed E-state index contributed by atoms with van der Waals surface area (Å²) >= 11 is 1.62. The largest absolute Gasteiger partial charge is 0.486 e. The first kappa shape index (κ1) is 11.0. The molecule has 0 aliphatic rings. The van der Waals surface area contributed by atoms with E-state index in [1.54, 1.807) is 17.4 Å². The van der Waals surface area contributed by atoms with E-state index in [2.05, 4.69) is 16.9 Å². The van der Waals surface area contributed by atoms with Gasteiger partial charge in [-0.25, -0.2) is 9.97 Å². The summed E-state index contributed by atoms with van der Waals surface area (Å²) in [5.74, 6) is 0.0433. The number of pyridine rings is 1. The third-order valence-corrected chi connectivity index (χ3v) is 3.03. The van der Waals surface area contributed by atoms with Crippen molar-refractivity contribution >= 4 is 11.3 Å². The van der Waals surface area contributed by atoms with Gasteiger partial charge in [0.1, 0.15) is 12.4 Å². The summed E-state index contributed by atoms with van der Waals surface area (Å²) in [4.78, 5) is 7.86. The van der Waals surface area contributed by atoms with Gasteiger partial charge in [-0.15, -0.1) is 11.3 Å². The standard InChI is InChI=1S/C11H11FN2OS/c1-2-11-14-8(7-16-11)6-15-9-3-4-10(12)13-5-9/h3-5,7H,2,6H2,1H3. The zero-order valence-corrected chi connectivity index (χ0v) is 9.63.